The number of fused-ring (bicyclic) bond motifs is 1. The van der Waals surface area contributed by atoms with Crippen molar-refractivity contribution in [2.24, 2.45) is 0 Å². The number of alkyl halides is 3. The molecule has 1 fully saturated rings. The highest BCUT2D eigenvalue weighted by atomic mass is 19.4. The highest BCUT2D eigenvalue weighted by Gasteiger charge is 2.30. The molecule has 1 amide bonds. The molecule has 0 bridgehead atoms. The number of anilines is 1. The first-order valence-corrected chi connectivity index (χ1v) is 10.6. The van der Waals surface area contributed by atoms with Crippen molar-refractivity contribution in [3.63, 3.8) is 0 Å². The Labute approximate surface area is 178 Å². The first-order chi connectivity index (χ1) is 14.9. The summed E-state index contributed by atoms with van der Waals surface area (Å²) in [4.78, 5) is 19.7. The maximum absolute atomic E-state index is 12.8. The maximum Gasteiger partial charge on any atom is 0.416 e. The molecule has 0 unspecified atom stereocenters. The molecule has 3 aromatic rings. The second-order valence-corrected chi connectivity index (χ2v) is 7.86. The summed E-state index contributed by atoms with van der Waals surface area (Å²) in [7, 11) is 0. The lowest BCUT2D eigenvalue weighted by molar-refractivity contribution is -0.137. The molecule has 1 N–H and O–H groups in total. The summed E-state index contributed by atoms with van der Waals surface area (Å²) in [6.45, 7) is 3.93. The van der Waals surface area contributed by atoms with E-state index < -0.39 is 17.6 Å². The second-order valence-electron chi connectivity index (χ2n) is 7.86. The van der Waals surface area contributed by atoms with Gasteiger partial charge in [-0.05, 0) is 75.3 Å². The fourth-order valence-electron chi connectivity index (χ4n) is 4.02. The Morgan fingerprint density at radius 2 is 1.68 bits per heavy atom. The topological polar surface area (TPSA) is 50.2 Å². The van der Waals surface area contributed by atoms with Gasteiger partial charge in [-0.15, -0.1) is 0 Å². The lowest BCUT2D eigenvalue weighted by Gasteiger charge is -2.26. The van der Waals surface area contributed by atoms with Crippen molar-refractivity contribution < 1.29 is 18.0 Å². The zero-order chi connectivity index (χ0) is 21.8. The molecule has 2 heterocycles. The number of benzene rings is 2. The third-order valence-electron chi connectivity index (χ3n) is 5.66. The van der Waals surface area contributed by atoms with E-state index in [0.717, 1.165) is 49.2 Å². The Morgan fingerprint density at radius 1 is 0.968 bits per heavy atom. The first kappa shape index (κ1) is 21.4. The number of amides is 1. The smallest absolute Gasteiger partial charge is 0.310 e. The number of piperidine rings is 1. The van der Waals surface area contributed by atoms with E-state index in [2.05, 4.69) is 15.2 Å². The van der Waals surface area contributed by atoms with Crippen LogP contribution >= 0.6 is 0 Å². The Kier molecular flexibility index (Phi) is 6.27. The van der Waals surface area contributed by atoms with Crippen LogP contribution in [0.2, 0.25) is 0 Å². The number of hydrogen-bond donors (Lipinski definition) is 1. The summed E-state index contributed by atoms with van der Waals surface area (Å²) >= 11 is 0. The van der Waals surface area contributed by atoms with Gasteiger partial charge in [0.05, 0.1) is 16.6 Å². The van der Waals surface area contributed by atoms with Gasteiger partial charge in [-0.3, -0.25) is 10.1 Å². The van der Waals surface area contributed by atoms with E-state index in [9.17, 15) is 18.0 Å². The number of imidazole rings is 1. The molecular formula is C23H25F3N4O. The average molecular weight is 430 g/mol. The van der Waals surface area contributed by atoms with Crippen LogP contribution in [0.4, 0.5) is 19.1 Å². The maximum atomic E-state index is 12.8. The fourth-order valence-corrected chi connectivity index (χ4v) is 4.02. The van der Waals surface area contributed by atoms with Crippen molar-refractivity contribution in [1.82, 2.24) is 14.5 Å². The van der Waals surface area contributed by atoms with Gasteiger partial charge in [0.25, 0.3) is 5.91 Å². The van der Waals surface area contributed by atoms with Crippen LogP contribution in [0.1, 0.15) is 41.6 Å². The van der Waals surface area contributed by atoms with Crippen LogP contribution in [0.5, 0.6) is 0 Å². The normalized spacial score (nSPS) is 15.3. The molecule has 0 radical (unpaired) electrons. The summed E-state index contributed by atoms with van der Waals surface area (Å²) < 4.78 is 40.3. The summed E-state index contributed by atoms with van der Waals surface area (Å²) in [6, 6.07) is 11.8. The molecule has 0 saturated carbocycles. The summed E-state index contributed by atoms with van der Waals surface area (Å²) in [6.07, 6.45) is 0.258. The fraction of sp³-hybridized carbons (Fsp3) is 0.391. The molecule has 0 spiro atoms. The van der Waals surface area contributed by atoms with E-state index in [-0.39, 0.29) is 5.56 Å². The molecule has 8 heteroatoms. The van der Waals surface area contributed by atoms with Crippen LogP contribution in [-0.2, 0) is 12.7 Å². The van der Waals surface area contributed by atoms with Crippen molar-refractivity contribution in [2.45, 2.75) is 38.4 Å². The van der Waals surface area contributed by atoms with E-state index in [0.29, 0.717) is 12.5 Å². The van der Waals surface area contributed by atoms with Crippen molar-refractivity contribution in [1.29, 1.82) is 0 Å². The second kappa shape index (κ2) is 9.09. The van der Waals surface area contributed by atoms with Crippen molar-refractivity contribution in [3.05, 3.63) is 59.7 Å². The Bertz CT molecular complexity index is 1040. The Balaban J connectivity index is 1.49. The van der Waals surface area contributed by atoms with Gasteiger partial charge in [0, 0.05) is 12.1 Å². The van der Waals surface area contributed by atoms with E-state index in [1.54, 1.807) is 0 Å². The van der Waals surface area contributed by atoms with Gasteiger partial charge in [0.1, 0.15) is 0 Å². The number of nitrogens with zero attached hydrogens (tertiary/aromatic N) is 3. The highest BCUT2D eigenvalue weighted by Crippen LogP contribution is 2.29. The Hall–Kier alpha value is -2.87. The minimum atomic E-state index is -4.43. The van der Waals surface area contributed by atoms with Gasteiger partial charge < -0.3 is 9.47 Å². The van der Waals surface area contributed by atoms with Crippen LogP contribution in [0.15, 0.2) is 48.5 Å². The number of likely N-dealkylation sites (tertiary alicyclic amines) is 1. The van der Waals surface area contributed by atoms with Gasteiger partial charge in [-0.1, -0.05) is 18.6 Å². The SMILES string of the molecule is O=C(Nc1nc2ccccc2n1CCCN1CCCCC1)c1ccc(C(F)(F)F)cc1. The first-order valence-electron chi connectivity index (χ1n) is 10.6. The number of halogens is 3. The van der Waals surface area contributed by atoms with E-state index in [1.165, 1.54) is 31.4 Å². The molecule has 1 aliphatic rings. The third-order valence-corrected chi connectivity index (χ3v) is 5.66. The number of carbonyl (C=O) groups excluding carboxylic acids is 1. The van der Waals surface area contributed by atoms with Gasteiger partial charge in [-0.25, -0.2) is 4.98 Å². The summed E-state index contributed by atoms with van der Waals surface area (Å²) in [5.74, 6) is -0.0777. The predicted octanol–water partition coefficient (Wildman–Crippen LogP) is 5.18. The number of aromatic nitrogens is 2. The summed E-state index contributed by atoms with van der Waals surface area (Å²) in [5, 5.41) is 2.78. The molecule has 2 aromatic carbocycles. The van der Waals surface area contributed by atoms with Gasteiger partial charge >= 0.3 is 6.18 Å². The van der Waals surface area contributed by atoms with Crippen LogP contribution in [0.3, 0.4) is 0 Å². The molecule has 1 aromatic heterocycles. The zero-order valence-corrected chi connectivity index (χ0v) is 17.2. The van der Waals surface area contributed by atoms with Crippen molar-refractivity contribution in [2.75, 3.05) is 25.0 Å². The minimum absolute atomic E-state index is 0.153. The van der Waals surface area contributed by atoms with Gasteiger partial charge in [0.2, 0.25) is 5.95 Å². The quantitative estimate of drug-likeness (QED) is 0.586. The number of hydrogen-bond acceptors (Lipinski definition) is 3. The number of aryl methyl sites for hydroxylation is 1. The van der Waals surface area contributed by atoms with E-state index in [1.807, 2.05) is 28.8 Å². The largest absolute Gasteiger partial charge is 0.416 e. The molecule has 4 rings (SSSR count). The van der Waals surface area contributed by atoms with Crippen molar-refractivity contribution in [3.8, 4) is 0 Å². The monoisotopic (exact) mass is 430 g/mol. The average Bonchev–Trinajstić information content (AvgIpc) is 3.11. The highest BCUT2D eigenvalue weighted by molar-refractivity contribution is 6.04. The number of rotatable bonds is 6. The minimum Gasteiger partial charge on any atom is -0.310 e. The third kappa shape index (κ3) is 5.07. The van der Waals surface area contributed by atoms with Crippen molar-refractivity contribution >= 4 is 22.9 Å². The molecule has 5 nitrogen and oxygen atoms in total. The molecule has 0 aliphatic carbocycles. The number of para-hydroxylation sites is 2. The van der Waals surface area contributed by atoms with Gasteiger partial charge in [0.15, 0.2) is 0 Å². The molecule has 31 heavy (non-hydrogen) atoms. The number of carbonyl (C=O) groups is 1. The van der Waals surface area contributed by atoms with Crippen LogP contribution in [-0.4, -0.2) is 40.0 Å². The zero-order valence-electron chi connectivity index (χ0n) is 17.2. The van der Waals surface area contributed by atoms with E-state index in [4.69, 9.17) is 0 Å². The molecule has 1 aliphatic heterocycles. The van der Waals surface area contributed by atoms with Crippen LogP contribution in [0, 0.1) is 0 Å². The van der Waals surface area contributed by atoms with E-state index >= 15 is 0 Å². The summed E-state index contributed by atoms with van der Waals surface area (Å²) in [5.41, 5.74) is 1.06. The molecule has 0 atom stereocenters. The molecular weight excluding hydrogens is 405 g/mol. The Morgan fingerprint density at radius 3 is 2.39 bits per heavy atom. The lowest BCUT2D eigenvalue weighted by atomic mass is 10.1. The van der Waals surface area contributed by atoms with Gasteiger partial charge in [-0.2, -0.15) is 13.2 Å². The standard InChI is InChI=1S/C23H25F3N4O/c24-23(25,26)18-11-9-17(10-12-18)21(31)28-22-27-19-7-2-3-8-20(19)30(22)16-6-15-29-13-4-1-5-14-29/h2-3,7-12H,1,4-6,13-16H2,(H,27,28,31). The lowest BCUT2D eigenvalue weighted by Crippen LogP contribution is -2.31. The number of nitrogens with one attached hydrogen (secondary N) is 1. The van der Waals surface area contributed by atoms with Crippen LogP contribution in [0.25, 0.3) is 11.0 Å². The predicted molar refractivity (Wildman–Crippen MR) is 114 cm³/mol. The molecule has 164 valence electrons. The van der Waals surface area contributed by atoms with Crippen LogP contribution < -0.4 is 5.32 Å². The molecule has 1 saturated heterocycles.